The van der Waals surface area contributed by atoms with E-state index in [4.69, 9.17) is 0 Å². The summed E-state index contributed by atoms with van der Waals surface area (Å²) in [4.78, 5) is 16.9. The highest BCUT2D eigenvalue weighted by molar-refractivity contribution is 9.10. The molecule has 1 atom stereocenters. The fourth-order valence-electron chi connectivity index (χ4n) is 3.86. The lowest BCUT2D eigenvalue weighted by Gasteiger charge is -2.28. The maximum absolute atomic E-state index is 13.0. The normalized spacial score (nSPS) is 20.4. The van der Waals surface area contributed by atoms with Gasteiger partial charge in [0.15, 0.2) is 0 Å². The van der Waals surface area contributed by atoms with Crippen molar-refractivity contribution in [3.63, 3.8) is 0 Å². The maximum atomic E-state index is 13.0. The smallest absolute Gasteiger partial charge is 0.230 e. The van der Waals surface area contributed by atoms with Crippen molar-refractivity contribution in [2.24, 2.45) is 0 Å². The summed E-state index contributed by atoms with van der Waals surface area (Å²) in [6.45, 7) is 2.97. The van der Waals surface area contributed by atoms with E-state index < -0.39 is 0 Å². The average Bonchev–Trinajstić information content (AvgIpc) is 3.01. The molecule has 2 fully saturated rings. The first kappa shape index (κ1) is 17.3. The quantitative estimate of drug-likeness (QED) is 0.748. The number of nitrogens with zero attached hydrogens (tertiary/aromatic N) is 1. The molecular formula is C20H23BrN2OS. The second kappa shape index (κ2) is 7.22. The second-order valence-corrected chi connectivity index (χ2v) is 8.97. The Balaban J connectivity index is 1.46. The van der Waals surface area contributed by atoms with Crippen LogP contribution in [0.15, 0.2) is 46.3 Å². The molecule has 0 bridgehead atoms. The van der Waals surface area contributed by atoms with Gasteiger partial charge in [0, 0.05) is 15.9 Å². The Kier molecular flexibility index (Phi) is 4.98. The Morgan fingerprint density at radius 3 is 2.68 bits per heavy atom. The van der Waals surface area contributed by atoms with Gasteiger partial charge in [-0.2, -0.15) is 0 Å². The zero-order valence-electron chi connectivity index (χ0n) is 14.2. The van der Waals surface area contributed by atoms with E-state index in [2.05, 4.69) is 55.8 Å². The van der Waals surface area contributed by atoms with Crippen LogP contribution in [0, 0.1) is 0 Å². The van der Waals surface area contributed by atoms with Crippen LogP contribution < -0.4 is 5.32 Å². The number of rotatable bonds is 6. The van der Waals surface area contributed by atoms with Crippen LogP contribution in [0.3, 0.4) is 0 Å². The lowest BCUT2D eigenvalue weighted by atomic mass is 9.95. The summed E-state index contributed by atoms with van der Waals surface area (Å²) in [5.41, 5.74) is 0.822. The highest BCUT2D eigenvalue weighted by Gasteiger charge is 2.51. The molecule has 5 heteroatoms. The van der Waals surface area contributed by atoms with Crippen molar-refractivity contribution in [2.45, 2.75) is 37.1 Å². The molecule has 1 saturated carbocycles. The Hall–Kier alpha value is -1.17. The van der Waals surface area contributed by atoms with Gasteiger partial charge in [-0.25, -0.2) is 0 Å². The van der Waals surface area contributed by atoms with Crippen LogP contribution in [0.4, 0.5) is 0 Å². The monoisotopic (exact) mass is 418 g/mol. The summed E-state index contributed by atoms with van der Waals surface area (Å²) in [7, 11) is 0. The Bertz CT molecular complexity index is 736. The molecule has 132 valence electrons. The van der Waals surface area contributed by atoms with Crippen LogP contribution in [0.5, 0.6) is 0 Å². The molecule has 1 aliphatic carbocycles. The van der Waals surface area contributed by atoms with Crippen molar-refractivity contribution in [1.29, 1.82) is 0 Å². The van der Waals surface area contributed by atoms with E-state index in [-0.39, 0.29) is 11.3 Å². The predicted octanol–water partition coefficient (Wildman–Crippen LogP) is 4.50. The molecule has 1 saturated heterocycles. The number of amides is 1. The molecule has 2 aromatic rings. The van der Waals surface area contributed by atoms with E-state index in [1.807, 2.05) is 12.1 Å². The van der Waals surface area contributed by atoms with Crippen LogP contribution >= 0.6 is 27.3 Å². The molecule has 2 aliphatic rings. The van der Waals surface area contributed by atoms with E-state index in [1.54, 1.807) is 11.3 Å². The summed E-state index contributed by atoms with van der Waals surface area (Å²) in [5, 5.41) is 5.41. The Morgan fingerprint density at radius 1 is 1.24 bits per heavy atom. The summed E-state index contributed by atoms with van der Waals surface area (Å²) >= 11 is 5.32. The molecule has 0 spiro atoms. The molecule has 4 rings (SSSR count). The molecule has 3 nitrogen and oxygen atoms in total. The highest BCUT2D eigenvalue weighted by atomic mass is 79.9. The molecule has 1 aliphatic heterocycles. The maximum Gasteiger partial charge on any atom is 0.230 e. The molecule has 1 N–H and O–H groups in total. The van der Waals surface area contributed by atoms with E-state index in [1.165, 1.54) is 17.7 Å². The highest BCUT2D eigenvalue weighted by Crippen LogP contribution is 2.49. The van der Waals surface area contributed by atoms with Crippen molar-refractivity contribution in [3.8, 4) is 0 Å². The van der Waals surface area contributed by atoms with Crippen LogP contribution in [0.1, 0.15) is 42.2 Å². The molecular weight excluding hydrogens is 396 g/mol. The van der Waals surface area contributed by atoms with Gasteiger partial charge in [-0.1, -0.05) is 34.1 Å². The van der Waals surface area contributed by atoms with Gasteiger partial charge in [0.1, 0.15) is 0 Å². The van der Waals surface area contributed by atoms with Gasteiger partial charge >= 0.3 is 0 Å². The second-order valence-electron chi connectivity index (χ2n) is 7.08. The summed E-state index contributed by atoms with van der Waals surface area (Å²) in [6, 6.07) is 12.8. The van der Waals surface area contributed by atoms with Gasteiger partial charge < -0.3 is 5.32 Å². The third-order valence-electron chi connectivity index (χ3n) is 5.47. The van der Waals surface area contributed by atoms with Crippen molar-refractivity contribution in [3.05, 3.63) is 56.7 Å². The molecule has 0 radical (unpaired) electrons. The fraction of sp³-hybridized carbons (Fsp3) is 0.450. The zero-order valence-corrected chi connectivity index (χ0v) is 16.6. The first-order chi connectivity index (χ1) is 12.2. The Labute approximate surface area is 161 Å². The standard InChI is InChI=1S/C20H23BrN2OS/c21-16-6-3-5-15(13-16)20(8-9-20)19(24)22-14-17(18-7-4-12-25-18)23-10-1-2-11-23/h3-7,12-13,17H,1-2,8-11,14H2,(H,22,24)/t17-/m1/s1. The minimum atomic E-state index is -0.311. The first-order valence-corrected chi connectivity index (χ1v) is 10.7. The van der Waals surface area contributed by atoms with Crippen molar-refractivity contribution in [2.75, 3.05) is 19.6 Å². The Morgan fingerprint density at radius 2 is 2.04 bits per heavy atom. The molecule has 1 aromatic carbocycles. The largest absolute Gasteiger partial charge is 0.353 e. The molecule has 25 heavy (non-hydrogen) atoms. The van der Waals surface area contributed by atoms with E-state index in [0.29, 0.717) is 12.6 Å². The van der Waals surface area contributed by atoms with Gasteiger partial charge in [-0.15, -0.1) is 11.3 Å². The lowest BCUT2D eigenvalue weighted by Crippen LogP contribution is -2.41. The van der Waals surface area contributed by atoms with Crippen LogP contribution in [0.25, 0.3) is 0 Å². The number of halogens is 1. The van der Waals surface area contributed by atoms with E-state index in [0.717, 1.165) is 36.0 Å². The minimum absolute atomic E-state index is 0.186. The lowest BCUT2D eigenvalue weighted by molar-refractivity contribution is -0.123. The van der Waals surface area contributed by atoms with Gasteiger partial charge in [0.25, 0.3) is 0 Å². The van der Waals surface area contributed by atoms with Crippen LogP contribution in [-0.4, -0.2) is 30.4 Å². The number of nitrogens with one attached hydrogen (secondary N) is 1. The van der Waals surface area contributed by atoms with Crippen LogP contribution in [0.2, 0.25) is 0 Å². The number of hydrogen-bond acceptors (Lipinski definition) is 3. The summed E-state index contributed by atoms with van der Waals surface area (Å²) < 4.78 is 1.04. The van der Waals surface area contributed by atoms with Crippen molar-refractivity contribution < 1.29 is 4.79 Å². The third kappa shape index (κ3) is 3.55. The minimum Gasteiger partial charge on any atom is -0.353 e. The number of thiophene rings is 1. The molecule has 1 aromatic heterocycles. The SMILES string of the molecule is O=C(NC[C@H](c1cccs1)N1CCCC1)C1(c2cccc(Br)c2)CC1. The fourth-order valence-corrected chi connectivity index (χ4v) is 5.12. The predicted molar refractivity (Wildman–Crippen MR) is 106 cm³/mol. The zero-order chi connectivity index (χ0) is 17.3. The van der Waals surface area contributed by atoms with Gasteiger partial charge in [0.05, 0.1) is 11.5 Å². The van der Waals surface area contributed by atoms with Crippen molar-refractivity contribution in [1.82, 2.24) is 10.2 Å². The topological polar surface area (TPSA) is 32.3 Å². The summed E-state index contributed by atoms with van der Waals surface area (Å²) in [6.07, 6.45) is 4.42. The molecule has 0 unspecified atom stereocenters. The number of hydrogen-bond donors (Lipinski definition) is 1. The molecule has 2 heterocycles. The van der Waals surface area contributed by atoms with Gasteiger partial charge in [0.2, 0.25) is 5.91 Å². The number of carbonyl (C=O) groups excluding carboxylic acids is 1. The van der Waals surface area contributed by atoms with Crippen molar-refractivity contribution >= 4 is 33.2 Å². The molecule has 1 amide bonds. The third-order valence-corrected chi connectivity index (χ3v) is 6.94. The van der Waals surface area contributed by atoms with E-state index in [9.17, 15) is 4.79 Å². The van der Waals surface area contributed by atoms with Gasteiger partial charge in [-0.3, -0.25) is 9.69 Å². The number of carbonyl (C=O) groups is 1. The summed E-state index contributed by atoms with van der Waals surface area (Å²) in [5.74, 6) is 0.186. The number of benzene rings is 1. The van der Waals surface area contributed by atoms with Crippen LogP contribution in [-0.2, 0) is 10.2 Å². The first-order valence-electron chi connectivity index (χ1n) is 9.01. The van der Waals surface area contributed by atoms with E-state index >= 15 is 0 Å². The number of likely N-dealkylation sites (tertiary alicyclic amines) is 1. The van der Waals surface area contributed by atoms with Gasteiger partial charge in [-0.05, 0) is 67.9 Å². The average molecular weight is 419 g/mol.